The van der Waals surface area contributed by atoms with Gasteiger partial charge in [-0.3, -0.25) is 0 Å². The number of methoxy groups -OCH3 is 1. The van der Waals surface area contributed by atoms with Crippen LogP contribution in [-0.2, 0) is 33.3 Å². The molecular weight excluding hydrogens is 469 g/mol. The van der Waals surface area contributed by atoms with Crippen molar-refractivity contribution in [1.82, 2.24) is 9.62 Å². The van der Waals surface area contributed by atoms with Crippen LogP contribution in [0.4, 0.5) is 14.9 Å². The fraction of sp³-hybridized carbons (Fsp3) is 0.500. The number of sulfonamides is 1. The number of carbonyl (C=O) groups is 1. The van der Waals surface area contributed by atoms with Gasteiger partial charge >= 0.3 is 6.03 Å². The van der Waals surface area contributed by atoms with Gasteiger partial charge in [0.2, 0.25) is 10.0 Å². The third kappa shape index (κ3) is 4.94. The molecule has 0 atom stereocenters. The van der Waals surface area contributed by atoms with Gasteiger partial charge in [-0.15, -0.1) is 0 Å². The molecule has 0 spiro atoms. The summed E-state index contributed by atoms with van der Waals surface area (Å²) in [6.45, 7) is 1.07. The topological polar surface area (TPSA) is 87.7 Å². The van der Waals surface area contributed by atoms with Gasteiger partial charge in [0.25, 0.3) is 0 Å². The molecule has 2 amide bonds. The number of amides is 2. The molecule has 4 aliphatic rings. The van der Waals surface area contributed by atoms with Gasteiger partial charge in [0.1, 0.15) is 5.82 Å². The van der Waals surface area contributed by atoms with E-state index in [2.05, 4.69) is 22.2 Å². The van der Waals surface area contributed by atoms with Crippen LogP contribution >= 0.6 is 0 Å². The Morgan fingerprint density at radius 3 is 2.34 bits per heavy atom. The highest BCUT2D eigenvalue weighted by Gasteiger charge is 2.50. The van der Waals surface area contributed by atoms with E-state index in [1.807, 2.05) is 12.1 Å². The van der Waals surface area contributed by atoms with E-state index in [1.165, 1.54) is 24.8 Å². The van der Waals surface area contributed by atoms with Crippen LogP contribution < -0.4 is 10.0 Å². The first-order chi connectivity index (χ1) is 16.7. The normalized spacial score (nSPS) is 25.5. The number of nitrogens with one attached hydrogen (secondary N) is 2. The molecule has 1 heterocycles. The Labute approximate surface area is 209 Å². The Bertz CT molecular complexity index is 1200. The van der Waals surface area contributed by atoms with E-state index < -0.39 is 10.0 Å². The summed E-state index contributed by atoms with van der Waals surface area (Å²) >= 11 is 0. The van der Waals surface area contributed by atoms with E-state index in [0.717, 1.165) is 55.3 Å². The molecule has 2 aromatic rings. The van der Waals surface area contributed by atoms with Crippen LogP contribution in [0.3, 0.4) is 0 Å². The molecule has 6 rings (SSSR count). The average Bonchev–Trinajstić information content (AvgIpc) is 3.27. The molecular formula is C26H36FN3O4S. The zero-order chi connectivity index (χ0) is 24.7. The fourth-order valence-electron chi connectivity index (χ4n) is 5.96. The smallest absolute Gasteiger partial charge is 0.322 e. The summed E-state index contributed by atoms with van der Waals surface area (Å²) in [5, 5.41) is 2.96. The van der Waals surface area contributed by atoms with E-state index in [-0.39, 0.29) is 38.0 Å². The van der Waals surface area contributed by atoms with Gasteiger partial charge in [0.05, 0.1) is 12.4 Å². The lowest BCUT2D eigenvalue weighted by molar-refractivity contribution is 0.0944. The number of rotatable bonds is 7. The minimum atomic E-state index is -3.36. The zero-order valence-corrected chi connectivity index (χ0v) is 20.8. The van der Waals surface area contributed by atoms with Gasteiger partial charge in [0, 0.05) is 34.3 Å². The fourth-order valence-corrected chi connectivity index (χ4v) is 7.42. The van der Waals surface area contributed by atoms with Crippen molar-refractivity contribution in [3.63, 3.8) is 0 Å². The molecule has 3 aliphatic carbocycles. The third-order valence-corrected chi connectivity index (χ3v) is 9.55. The number of hydrogen-bond donors (Lipinski definition) is 2. The summed E-state index contributed by atoms with van der Waals surface area (Å²) in [7, 11) is -1.85. The molecule has 3 saturated carbocycles. The Morgan fingerprint density at radius 1 is 1.03 bits per heavy atom. The summed E-state index contributed by atoms with van der Waals surface area (Å²) < 4.78 is 46.3. The van der Waals surface area contributed by atoms with E-state index in [0.29, 0.717) is 13.1 Å². The predicted octanol–water partition coefficient (Wildman–Crippen LogP) is 4.78. The molecule has 0 radical (unpaired) electrons. The number of benzene rings is 2. The van der Waals surface area contributed by atoms with Gasteiger partial charge in [-0.05, 0) is 84.9 Å². The van der Waals surface area contributed by atoms with Crippen molar-refractivity contribution in [1.29, 1.82) is 0 Å². The lowest BCUT2D eigenvalue weighted by Gasteiger charge is -2.53. The quantitative estimate of drug-likeness (QED) is 0.567. The molecule has 0 unspecified atom stereocenters. The summed E-state index contributed by atoms with van der Waals surface area (Å²) in [6, 6.07) is 12.5. The maximum atomic E-state index is 13.5. The van der Waals surface area contributed by atoms with Crippen LogP contribution in [0.15, 0.2) is 42.5 Å². The Hall–Kier alpha value is -2.49. The summed E-state index contributed by atoms with van der Waals surface area (Å²) in [5.41, 5.74) is 3.52. The highest BCUT2D eigenvalue weighted by Crippen LogP contribution is 2.53. The molecule has 192 valence electrons. The second kappa shape index (κ2) is 9.19. The average molecular weight is 506 g/mol. The molecule has 0 saturated heterocycles. The summed E-state index contributed by atoms with van der Waals surface area (Å²) in [4.78, 5) is 14.4. The Morgan fingerprint density at radius 2 is 1.69 bits per heavy atom. The number of urea groups is 1. The number of hydrogen-bond acceptors (Lipinski definition) is 4. The van der Waals surface area contributed by atoms with Gasteiger partial charge in [0.15, 0.2) is 0 Å². The van der Waals surface area contributed by atoms with Crippen molar-refractivity contribution in [2.45, 2.75) is 62.6 Å². The highest BCUT2D eigenvalue weighted by atomic mass is 32.2. The van der Waals surface area contributed by atoms with Gasteiger partial charge < -0.3 is 15.0 Å². The lowest BCUT2D eigenvalue weighted by atomic mass is 9.55. The van der Waals surface area contributed by atoms with Crippen LogP contribution in [0.25, 0.3) is 0 Å². The van der Waals surface area contributed by atoms with E-state index in [9.17, 15) is 17.6 Å². The number of anilines is 1. The van der Waals surface area contributed by atoms with Crippen LogP contribution in [0, 0.1) is 5.82 Å². The van der Waals surface area contributed by atoms with Crippen LogP contribution in [0.2, 0.25) is 0 Å². The molecule has 1 aliphatic heterocycles. The number of halogens is 1. The van der Waals surface area contributed by atoms with Crippen LogP contribution in [0.5, 0.6) is 0 Å². The van der Waals surface area contributed by atoms with Crippen molar-refractivity contribution in [3.05, 3.63) is 65.0 Å². The molecule has 9 heteroatoms. The van der Waals surface area contributed by atoms with Crippen molar-refractivity contribution in [2.24, 2.45) is 0 Å². The minimum absolute atomic E-state index is 0. The van der Waals surface area contributed by atoms with Crippen molar-refractivity contribution in [3.8, 4) is 0 Å². The number of nitrogens with zero attached hydrogens (tertiary/aromatic N) is 1. The summed E-state index contributed by atoms with van der Waals surface area (Å²) in [6.07, 6.45) is 5.30. The first kappa shape index (κ1) is 24.2. The van der Waals surface area contributed by atoms with Crippen molar-refractivity contribution < 1.29 is 25.2 Å². The SMILES string of the molecule is COCCS(=O)(=O)NC12CCC(c3ccc(NC(=O)N4Cc5ccc(F)cc5C4)cc3)(CC1)CC2.[HH].[HH]. The van der Waals surface area contributed by atoms with Gasteiger partial charge in [-0.1, -0.05) is 18.2 Å². The van der Waals surface area contributed by atoms with Gasteiger partial charge in [-0.2, -0.15) is 0 Å². The number of fused-ring (bicyclic) bond motifs is 4. The maximum Gasteiger partial charge on any atom is 0.322 e. The van der Waals surface area contributed by atoms with Crippen molar-refractivity contribution >= 4 is 21.7 Å². The van der Waals surface area contributed by atoms with Crippen LogP contribution in [0.1, 0.15) is 58.1 Å². The second-order valence-corrected chi connectivity index (χ2v) is 12.1. The lowest BCUT2D eigenvalue weighted by Crippen LogP contribution is -2.58. The van der Waals surface area contributed by atoms with E-state index >= 15 is 0 Å². The third-order valence-electron chi connectivity index (χ3n) is 8.10. The first-order valence-electron chi connectivity index (χ1n) is 12.2. The van der Waals surface area contributed by atoms with Crippen molar-refractivity contribution in [2.75, 3.05) is 24.8 Å². The van der Waals surface area contributed by atoms with Gasteiger partial charge in [-0.25, -0.2) is 22.3 Å². The Kier molecular flexibility index (Phi) is 6.35. The molecule has 2 aromatic carbocycles. The molecule has 35 heavy (non-hydrogen) atoms. The summed E-state index contributed by atoms with van der Waals surface area (Å²) in [5.74, 6) is -0.295. The van der Waals surface area contributed by atoms with E-state index in [1.54, 1.807) is 11.0 Å². The van der Waals surface area contributed by atoms with E-state index in [4.69, 9.17) is 4.74 Å². The highest BCUT2D eigenvalue weighted by molar-refractivity contribution is 7.89. The zero-order valence-electron chi connectivity index (χ0n) is 20.0. The molecule has 2 bridgehead atoms. The standard InChI is InChI=1S/C26H32FN3O4S.2H2/c1-34-14-15-35(32,33)29-26-11-8-25(9-12-26,10-13-26)21-3-6-23(7-4-21)28-24(31)30-17-19-2-5-22(27)16-20(19)18-30;;/h2-7,16,29H,8-15,17-18H2,1H3,(H,28,31);2*1H. The number of ether oxygens (including phenoxy) is 1. The Balaban J connectivity index is 0.00000190. The predicted molar refractivity (Wildman–Crippen MR) is 136 cm³/mol. The molecule has 0 aromatic heterocycles. The monoisotopic (exact) mass is 505 g/mol. The second-order valence-electron chi connectivity index (χ2n) is 10.3. The first-order valence-corrected chi connectivity index (χ1v) is 13.8. The maximum absolute atomic E-state index is 13.5. The molecule has 3 fully saturated rings. The molecule has 7 nitrogen and oxygen atoms in total. The number of carbonyl (C=O) groups excluding carboxylic acids is 1. The largest absolute Gasteiger partial charge is 0.384 e. The molecule has 2 N–H and O–H groups in total. The van der Waals surface area contributed by atoms with Crippen LogP contribution in [-0.4, -0.2) is 44.4 Å². The minimum Gasteiger partial charge on any atom is -0.384 e.